The van der Waals surface area contributed by atoms with E-state index in [4.69, 9.17) is 5.73 Å². The van der Waals surface area contributed by atoms with Crippen LogP contribution in [-0.2, 0) is 0 Å². The first-order valence-electron chi connectivity index (χ1n) is 4.07. The van der Waals surface area contributed by atoms with Crippen molar-refractivity contribution in [3.05, 3.63) is 0 Å². The number of hydrogen-bond donors (Lipinski definition) is 1. The van der Waals surface area contributed by atoms with Crippen molar-refractivity contribution in [1.29, 1.82) is 0 Å². The smallest absolute Gasteiger partial charge is 0.111 e. The van der Waals surface area contributed by atoms with Gasteiger partial charge in [0.05, 0.1) is 0 Å². The van der Waals surface area contributed by atoms with Crippen molar-refractivity contribution in [2.75, 3.05) is 6.54 Å². The van der Waals surface area contributed by atoms with Crippen LogP contribution >= 0.6 is 0 Å². The molecule has 0 amide bonds. The minimum absolute atomic E-state index is 0.217. The van der Waals surface area contributed by atoms with Crippen molar-refractivity contribution >= 4 is 0 Å². The maximum Gasteiger partial charge on any atom is 0.111 e. The second kappa shape index (κ2) is 1.73. The van der Waals surface area contributed by atoms with Gasteiger partial charge in [-0.3, -0.25) is 0 Å². The third kappa shape index (κ3) is 0.715. The lowest BCUT2D eigenvalue weighted by atomic mass is 9.84. The maximum absolute atomic E-state index is 13.5. The van der Waals surface area contributed by atoms with Gasteiger partial charge in [0.1, 0.15) is 5.67 Å². The number of nitrogens with two attached hydrogens (primary N) is 1. The second-order valence-corrected chi connectivity index (χ2v) is 4.03. The Balaban J connectivity index is 2.19. The molecule has 0 aromatic carbocycles. The number of halogens is 1. The first-order valence-corrected chi connectivity index (χ1v) is 4.07. The van der Waals surface area contributed by atoms with Crippen LogP contribution in [0.4, 0.5) is 4.39 Å². The highest BCUT2D eigenvalue weighted by atomic mass is 19.1. The zero-order valence-corrected chi connectivity index (χ0v) is 6.20. The summed E-state index contributed by atoms with van der Waals surface area (Å²) in [6, 6.07) is 0. The Kier molecular flexibility index (Phi) is 1.14. The summed E-state index contributed by atoms with van der Waals surface area (Å²) in [4.78, 5) is 0. The largest absolute Gasteiger partial charge is 0.330 e. The molecule has 0 atom stereocenters. The summed E-state index contributed by atoms with van der Waals surface area (Å²) in [5, 5.41) is 0. The van der Waals surface area contributed by atoms with Gasteiger partial charge in [-0.1, -0.05) is 0 Å². The molecule has 1 nitrogen and oxygen atoms in total. The van der Waals surface area contributed by atoms with Gasteiger partial charge in [0.25, 0.3) is 0 Å². The van der Waals surface area contributed by atoms with E-state index < -0.39 is 5.67 Å². The quantitative estimate of drug-likeness (QED) is 0.593. The molecule has 2 aliphatic carbocycles. The minimum atomic E-state index is -0.806. The normalized spacial score (nSPS) is 52.2. The van der Waals surface area contributed by atoms with Crippen molar-refractivity contribution in [2.45, 2.75) is 37.8 Å². The van der Waals surface area contributed by atoms with Crippen LogP contribution in [0, 0.1) is 5.41 Å². The Hall–Kier alpha value is -0.110. The van der Waals surface area contributed by atoms with Crippen molar-refractivity contribution < 1.29 is 4.39 Å². The average Bonchev–Trinajstić information content (AvgIpc) is 2.42. The molecule has 2 fully saturated rings. The lowest BCUT2D eigenvalue weighted by molar-refractivity contribution is 0.176. The van der Waals surface area contributed by atoms with E-state index in [9.17, 15) is 4.39 Å². The lowest BCUT2D eigenvalue weighted by Crippen LogP contribution is -2.25. The van der Waals surface area contributed by atoms with Gasteiger partial charge < -0.3 is 5.73 Å². The van der Waals surface area contributed by atoms with Crippen LogP contribution in [0.1, 0.15) is 32.1 Å². The predicted molar refractivity (Wildman–Crippen MR) is 38.4 cm³/mol. The van der Waals surface area contributed by atoms with E-state index in [-0.39, 0.29) is 5.41 Å². The third-order valence-electron chi connectivity index (χ3n) is 3.33. The highest BCUT2D eigenvalue weighted by Gasteiger charge is 2.53. The van der Waals surface area contributed by atoms with E-state index in [1.54, 1.807) is 0 Å². The molecular weight excluding hydrogens is 129 g/mol. The molecule has 0 spiro atoms. The van der Waals surface area contributed by atoms with Gasteiger partial charge in [-0.05, 0) is 44.1 Å². The monoisotopic (exact) mass is 143 g/mol. The van der Waals surface area contributed by atoms with Gasteiger partial charge >= 0.3 is 0 Å². The Morgan fingerprint density at radius 2 is 1.80 bits per heavy atom. The summed E-state index contributed by atoms with van der Waals surface area (Å²) < 4.78 is 13.5. The van der Waals surface area contributed by atoms with Gasteiger partial charge in [-0.15, -0.1) is 0 Å². The topological polar surface area (TPSA) is 26.0 Å². The summed E-state index contributed by atoms with van der Waals surface area (Å²) in [7, 11) is 0. The first kappa shape index (κ1) is 6.59. The van der Waals surface area contributed by atoms with Crippen molar-refractivity contribution in [1.82, 2.24) is 0 Å². The summed E-state index contributed by atoms with van der Waals surface area (Å²) >= 11 is 0. The second-order valence-electron chi connectivity index (χ2n) is 4.03. The summed E-state index contributed by atoms with van der Waals surface area (Å²) in [6.45, 7) is 0.693. The maximum atomic E-state index is 13.5. The Bertz CT molecular complexity index is 147. The Labute approximate surface area is 60.8 Å². The number of rotatable bonds is 1. The minimum Gasteiger partial charge on any atom is -0.330 e. The molecule has 2 N–H and O–H groups in total. The van der Waals surface area contributed by atoms with Crippen LogP contribution in [0.25, 0.3) is 0 Å². The summed E-state index contributed by atoms with van der Waals surface area (Å²) in [5.74, 6) is 0. The summed E-state index contributed by atoms with van der Waals surface area (Å²) in [6.07, 6.45) is 4.34. The van der Waals surface area contributed by atoms with Gasteiger partial charge in [-0.25, -0.2) is 4.39 Å². The van der Waals surface area contributed by atoms with Crippen LogP contribution in [0.5, 0.6) is 0 Å². The zero-order chi connectivity index (χ0) is 7.24. The number of alkyl halides is 1. The van der Waals surface area contributed by atoms with E-state index in [0.717, 1.165) is 32.1 Å². The van der Waals surface area contributed by atoms with Gasteiger partial charge in [0, 0.05) is 0 Å². The molecule has 0 unspecified atom stereocenters. The van der Waals surface area contributed by atoms with Crippen LogP contribution in [0.2, 0.25) is 0 Å². The highest BCUT2D eigenvalue weighted by molar-refractivity contribution is 5.05. The van der Waals surface area contributed by atoms with Crippen LogP contribution in [0.3, 0.4) is 0 Å². The van der Waals surface area contributed by atoms with E-state index >= 15 is 0 Å². The molecule has 0 aromatic rings. The fraction of sp³-hybridized carbons (Fsp3) is 1.00. The van der Waals surface area contributed by atoms with Crippen LogP contribution in [-0.4, -0.2) is 12.2 Å². The standard InChI is InChI=1S/C8H14FN/c9-8-3-1-7(5-8,6-10)2-4-8/h1-6,10H2. The van der Waals surface area contributed by atoms with E-state index in [2.05, 4.69) is 0 Å². The average molecular weight is 143 g/mol. The predicted octanol–water partition coefficient (Wildman–Crippen LogP) is 1.62. The molecule has 58 valence electrons. The molecule has 2 bridgehead atoms. The van der Waals surface area contributed by atoms with E-state index in [1.165, 1.54) is 0 Å². The Morgan fingerprint density at radius 1 is 1.20 bits per heavy atom. The Morgan fingerprint density at radius 3 is 2.00 bits per heavy atom. The summed E-state index contributed by atoms with van der Waals surface area (Å²) in [5.41, 5.74) is 5.01. The van der Waals surface area contributed by atoms with Crippen molar-refractivity contribution in [3.8, 4) is 0 Å². The van der Waals surface area contributed by atoms with Gasteiger partial charge in [-0.2, -0.15) is 0 Å². The van der Waals surface area contributed by atoms with Gasteiger partial charge in [0.15, 0.2) is 0 Å². The molecule has 2 heteroatoms. The SMILES string of the molecule is NCC12CCC(F)(CC1)C2. The van der Waals surface area contributed by atoms with Crippen molar-refractivity contribution in [3.63, 3.8) is 0 Å². The lowest BCUT2D eigenvalue weighted by Gasteiger charge is -2.23. The fourth-order valence-corrected chi connectivity index (χ4v) is 2.53. The van der Waals surface area contributed by atoms with E-state index in [1.807, 2.05) is 0 Å². The third-order valence-corrected chi connectivity index (χ3v) is 3.33. The van der Waals surface area contributed by atoms with E-state index in [0.29, 0.717) is 6.54 Å². The van der Waals surface area contributed by atoms with Crippen LogP contribution < -0.4 is 5.73 Å². The molecule has 0 aromatic heterocycles. The zero-order valence-electron chi connectivity index (χ0n) is 6.20. The molecular formula is C8H14FN. The molecule has 2 rings (SSSR count). The molecule has 2 aliphatic rings. The fourth-order valence-electron chi connectivity index (χ4n) is 2.53. The molecule has 0 heterocycles. The van der Waals surface area contributed by atoms with Crippen molar-refractivity contribution in [2.24, 2.45) is 11.1 Å². The molecule has 10 heavy (non-hydrogen) atoms. The molecule has 2 saturated carbocycles. The number of fused-ring (bicyclic) bond motifs is 2. The number of hydrogen-bond acceptors (Lipinski definition) is 1. The molecule has 0 radical (unpaired) electrons. The highest BCUT2D eigenvalue weighted by Crippen LogP contribution is 2.57. The molecule has 0 aliphatic heterocycles. The van der Waals surface area contributed by atoms with Crippen LogP contribution in [0.15, 0.2) is 0 Å². The molecule has 0 saturated heterocycles. The van der Waals surface area contributed by atoms with Gasteiger partial charge in [0.2, 0.25) is 0 Å². The first-order chi connectivity index (χ1) is 4.68.